The summed E-state index contributed by atoms with van der Waals surface area (Å²) in [6.45, 7) is 3.39. The van der Waals surface area contributed by atoms with Gasteiger partial charge in [0.1, 0.15) is 0 Å². The second-order valence-electron chi connectivity index (χ2n) is 0.740. The molecule has 6 heavy (non-hydrogen) atoms. The lowest BCUT2D eigenvalue weighted by atomic mass is 10.6. The molecule has 0 saturated carbocycles. The molecule has 0 nitrogen and oxygen atoms in total. The van der Waals surface area contributed by atoms with Crippen molar-refractivity contribution in [3.63, 3.8) is 0 Å². The average Bonchev–Trinajstić information content (AvgIpc) is 1.35. The Kier molecular flexibility index (Phi) is 3.58. The molecule has 0 atom stereocenters. The van der Waals surface area contributed by atoms with Crippen LogP contribution in [0.15, 0.2) is 22.7 Å². The Labute approximate surface area is 50.6 Å². The van der Waals surface area contributed by atoms with Gasteiger partial charge in [-0.3, -0.25) is 0 Å². The summed E-state index contributed by atoms with van der Waals surface area (Å²) in [5.74, 6) is 0. The molecular formula is C4H4BrCl. The number of halogens is 2. The molecular weight excluding hydrogens is 163 g/mol. The molecule has 0 aliphatic heterocycles. The van der Waals surface area contributed by atoms with E-state index in [0.29, 0.717) is 5.03 Å². The number of hydrogen-bond donors (Lipinski definition) is 0. The summed E-state index contributed by atoms with van der Waals surface area (Å²) in [6, 6.07) is 0. The fourth-order valence-corrected chi connectivity index (χ4v) is 0.603. The Morgan fingerprint density at radius 2 is 2.33 bits per heavy atom. The minimum atomic E-state index is 0.534. The zero-order valence-corrected chi connectivity index (χ0v) is 5.46. The van der Waals surface area contributed by atoms with Gasteiger partial charge in [0.2, 0.25) is 0 Å². The van der Waals surface area contributed by atoms with E-state index in [9.17, 15) is 0 Å². The van der Waals surface area contributed by atoms with Crippen molar-refractivity contribution in [2.75, 3.05) is 0 Å². The van der Waals surface area contributed by atoms with Gasteiger partial charge in [0.25, 0.3) is 0 Å². The van der Waals surface area contributed by atoms with Crippen molar-refractivity contribution in [2.24, 2.45) is 0 Å². The summed E-state index contributed by atoms with van der Waals surface area (Å²) in [7, 11) is 0. The van der Waals surface area contributed by atoms with Crippen molar-refractivity contribution in [1.29, 1.82) is 0 Å². The van der Waals surface area contributed by atoms with Crippen molar-refractivity contribution in [1.82, 2.24) is 0 Å². The molecule has 0 rings (SSSR count). The van der Waals surface area contributed by atoms with E-state index in [-0.39, 0.29) is 0 Å². The lowest BCUT2D eigenvalue weighted by Gasteiger charge is -1.71. The molecule has 0 radical (unpaired) electrons. The number of rotatable bonds is 1. The van der Waals surface area contributed by atoms with Crippen LogP contribution in [0.5, 0.6) is 0 Å². The van der Waals surface area contributed by atoms with E-state index in [1.165, 1.54) is 0 Å². The zero-order valence-electron chi connectivity index (χ0n) is 3.12. The molecule has 0 aliphatic rings. The predicted molar refractivity (Wildman–Crippen MR) is 33.1 cm³/mol. The van der Waals surface area contributed by atoms with Crippen LogP contribution in [0.25, 0.3) is 0 Å². The topological polar surface area (TPSA) is 0 Å². The van der Waals surface area contributed by atoms with Crippen LogP contribution in [0.2, 0.25) is 0 Å². The third kappa shape index (κ3) is 4.25. The van der Waals surface area contributed by atoms with E-state index in [1.807, 2.05) is 0 Å². The van der Waals surface area contributed by atoms with Crippen LogP contribution >= 0.6 is 27.5 Å². The minimum absolute atomic E-state index is 0.534. The first kappa shape index (κ1) is 6.25. The molecule has 0 amide bonds. The van der Waals surface area contributed by atoms with Gasteiger partial charge in [0, 0.05) is 5.03 Å². The van der Waals surface area contributed by atoms with Crippen molar-refractivity contribution in [3.05, 3.63) is 22.7 Å². The maximum absolute atomic E-state index is 5.27. The van der Waals surface area contributed by atoms with Gasteiger partial charge in [-0.25, -0.2) is 0 Å². The Balaban J connectivity index is 3.30. The summed E-state index contributed by atoms with van der Waals surface area (Å²) in [5, 5.41) is 0.534. The van der Waals surface area contributed by atoms with E-state index in [0.717, 1.165) is 0 Å². The fourth-order valence-electron chi connectivity index (χ4n) is 0.0684. The Hall–Kier alpha value is 0.250. The van der Waals surface area contributed by atoms with E-state index >= 15 is 0 Å². The van der Waals surface area contributed by atoms with Crippen LogP contribution < -0.4 is 0 Å². The van der Waals surface area contributed by atoms with Crippen molar-refractivity contribution < 1.29 is 0 Å². The first-order valence-electron chi connectivity index (χ1n) is 1.38. The summed E-state index contributed by atoms with van der Waals surface area (Å²) < 4.78 is 0. The van der Waals surface area contributed by atoms with Crippen LogP contribution in [-0.2, 0) is 0 Å². The van der Waals surface area contributed by atoms with Crippen molar-refractivity contribution in [2.45, 2.75) is 0 Å². The standard InChI is InChI=1S/C4H4BrCl/c1-4(6)2-3-5/h2-3H,1H2. The van der Waals surface area contributed by atoms with E-state index in [4.69, 9.17) is 11.6 Å². The third-order valence-electron chi connectivity index (χ3n) is 0.244. The molecule has 0 aromatic rings. The highest BCUT2D eigenvalue weighted by atomic mass is 79.9. The maximum Gasteiger partial charge on any atom is 0.0339 e. The Morgan fingerprint density at radius 3 is 2.33 bits per heavy atom. The lowest BCUT2D eigenvalue weighted by molar-refractivity contribution is 2.02. The molecule has 0 unspecified atom stereocenters. The summed E-state index contributed by atoms with van der Waals surface area (Å²) in [5.41, 5.74) is 0. The van der Waals surface area contributed by atoms with Crippen LogP contribution in [-0.4, -0.2) is 0 Å². The highest BCUT2D eigenvalue weighted by Gasteiger charge is 1.68. The highest BCUT2D eigenvalue weighted by molar-refractivity contribution is 9.11. The van der Waals surface area contributed by atoms with E-state index < -0.39 is 0 Å². The molecule has 0 fully saturated rings. The molecule has 0 aromatic carbocycles. The maximum atomic E-state index is 5.27. The fraction of sp³-hybridized carbons (Fsp3) is 0. The first-order chi connectivity index (χ1) is 2.77. The quantitative estimate of drug-likeness (QED) is 0.527. The van der Waals surface area contributed by atoms with E-state index in [2.05, 4.69) is 22.5 Å². The second kappa shape index (κ2) is 3.44. The monoisotopic (exact) mass is 166 g/mol. The zero-order chi connectivity index (χ0) is 4.99. The van der Waals surface area contributed by atoms with Crippen LogP contribution in [0, 0.1) is 0 Å². The lowest BCUT2D eigenvalue weighted by Crippen LogP contribution is -1.46. The number of hydrogen-bond acceptors (Lipinski definition) is 0. The first-order valence-corrected chi connectivity index (χ1v) is 2.68. The van der Waals surface area contributed by atoms with E-state index in [1.54, 1.807) is 11.1 Å². The molecule has 2 heteroatoms. The van der Waals surface area contributed by atoms with Gasteiger partial charge in [-0.15, -0.1) is 0 Å². The third-order valence-corrected chi connectivity index (χ3v) is 0.634. The van der Waals surface area contributed by atoms with Gasteiger partial charge < -0.3 is 0 Å². The van der Waals surface area contributed by atoms with Gasteiger partial charge in [-0.2, -0.15) is 0 Å². The molecule has 0 spiro atoms. The SMILES string of the molecule is C=C(Cl)C=CBr. The Morgan fingerprint density at radius 1 is 1.83 bits per heavy atom. The minimum Gasteiger partial charge on any atom is -0.0850 e. The van der Waals surface area contributed by atoms with Gasteiger partial charge in [0.15, 0.2) is 0 Å². The molecule has 0 saturated heterocycles. The van der Waals surface area contributed by atoms with Crippen molar-refractivity contribution in [3.8, 4) is 0 Å². The summed E-state index contributed by atoms with van der Waals surface area (Å²) in [4.78, 5) is 1.66. The van der Waals surface area contributed by atoms with Gasteiger partial charge in [-0.05, 0) is 11.1 Å². The van der Waals surface area contributed by atoms with Crippen LogP contribution in [0.3, 0.4) is 0 Å². The van der Waals surface area contributed by atoms with Crippen LogP contribution in [0.4, 0.5) is 0 Å². The van der Waals surface area contributed by atoms with Crippen LogP contribution in [0.1, 0.15) is 0 Å². The molecule has 0 bridgehead atoms. The Bertz CT molecular complexity index is 75.6. The second-order valence-corrected chi connectivity index (χ2v) is 1.75. The average molecular weight is 167 g/mol. The molecule has 34 valence electrons. The normalized spacial score (nSPS) is 9.67. The molecule has 0 N–H and O–H groups in total. The van der Waals surface area contributed by atoms with Gasteiger partial charge >= 0.3 is 0 Å². The van der Waals surface area contributed by atoms with Crippen molar-refractivity contribution >= 4 is 27.5 Å². The predicted octanol–water partition coefficient (Wildman–Crippen LogP) is 2.65. The molecule has 0 aliphatic carbocycles. The molecule has 0 heterocycles. The van der Waals surface area contributed by atoms with Gasteiger partial charge in [-0.1, -0.05) is 34.1 Å². The summed E-state index contributed by atoms with van der Waals surface area (Å²) >= 11 is 8.29. The smallest absolute Gasteiger partial charge is 0.0339 e. The largest absolute Gasteiger partial charge is 0.0850 e. The molecule has 0 aromatic heterocycles. The van der Waals surface area contributed by atoms with Gasteiger partial charge in [0.05, 0.1) is 0 Å². The summed E-state index contributed by atoms with van der Waals surface area (Å²) in [6.07, 6.45) is 1.65. The highest BCUT2D eigenvalue weighted by Crippen LogP contribution is 1.98. The number of allylic oxidation sites excluding steroid dienone is 2.